The summed E-state index contributed by atoms with van der Waals surface area (Å²) >= 11 is 0. The van der Waals surface area contributed by atoms with Crippen LogP contribution < -0.4 is 14.8 Å². The van der Waals surface area contributed by atoms with E-state index >= 15 is 0 Å². The molecule has 0 unspecified atom stereocenters. The molecule has 1 spiro atoms. The second-order valence-electron chi connectivity index (χ2n) is 7.66. The molecule has 3 amide bonds. The molecule has 1 aliphatic carbocycles. The summed E-state index contributed by atoms with van der Waals surface area (Å²) in [5.74, 6) is -0.467. The molecule has 148 valence electrons. The van der Waals surface area contributed by atoms with Crippen LogP contribution in [0.5, 0.6) is 11.5 Å². The Hall–Kier alpha value is -2.90. The lowest BCUT2D eigenvalue weighted by Gasteiger charge is -2.30. The number of amides is 3. The van der Waals surface area contributed by atoms with Gasteiger partial charge in [-0.1, -0.05) is 19.3 Å². The predicted molar refractivity (Wildman–Crippen MR) is 98.1 cm³/mol. The van der Waals surface area contributed by atoms with Crippen LogP contribution in [-0.4, -0.2) is 41.7 Å². The van der Waals surface area contributed by atoms with E-state index in [1.54, 1.807) is 0 Å². The molecule has 2 aliphatic heterocycles. The van der Waals surface area contributed by atoms with Gasteiger partial charge in [-0.25, -0.2) is 0 Å². The van der Waals surface area contributed by atoms with E-state index < -0.39 is 11.3 Å². The van der Waals surface area contributed by atoms with Crippen LogP contribution >= 0.6 is 0 Å². The number of nitrogens with zero attached hydrogens (tertiary/aromatic N) is 1. The van der Waals surface area contributed by atoms with Crippen molar-refractivity contribution < 1.29 is 28.7 Å². The number of fused-ring (bicyclic) bond motifs is 1. The normalized spacial score (nSPS) is 20.0. The first-order valence-corrected chi connectivity index (χ1v) is 9.49. The molecule has 1 saturated carbocycles. The van der Waals surface area contributed by atoms with Crippen molar-refractivity contribution in [1.29, 1.82) is 0 Å². The molecular weight excluding hydrogens is 364 g/mol. The average Bonchev–Trinajstić information content (AvgIpc) is 3.20. The van der Waals surface area contributed by atoms with Gasteiger partial charge in [0.2, 0.25) is 24.5 Å². The molecule has 28 heavy (non-hydrogen) atoms. The number of nitrogens with one attached hydrogen (secondary N) is 1. The molecule has 1 saturated heterocycles. The fourth-order valence-electron chi connectivity index (χ4n) is 4.31. The van der Waals surface area contributed by atoms with Gasteiger partial charge in [0.15, 0.2) is 17.3 Å². The summed E-state index contributed by atoms with van der Waals surface area (Å²) in [5, 5.41) is 2.64. The lowest BCUT2D eigenvalue weighted by Crippen LogP contribution is -2.41. The molecule has 8 heteroatoms. The minimum absolute atomic E-state index is 0.0446. The van der Waals surface area contributed by atoms with Gasteiger partial charge in [-0.15, -0.1) is 0 Å². The first-order chi connectivity index (χ1) is 13.4. The highest BCUT2D eigenvalue weighted by molar-refractivity contribution is 6.10. The maximum absolute atomic E-state index is 12.8. The summed E-state index contributed by atoms with van der Waals surface area (Å²) in [6.45, 7) is 1.07. The summed E-state index contributed by atoms with van der Waals surface area (Å²) in [6, 6.07) is 3.04. The highest BCUT2D eigenvalue weighted by atomic mass is 16.7. The number of hydrogen-bond donors (Lipinski definition) is 1. The molecule has 0 atom stereocenters. The van der Waals surface area contributed by atoms with Gasteiger partial charge in [-0.3, -0.25) is 24.1 Å². The standard InChI is InChI=1S/C20H22N2O6/c1-12(23)13-7-15-16(28-11-27-15)8-14(13)21-17(24)10-22-18(25)9-20(19(22)26)5-3-2-4-6-20/h7-8H,2-6,9-11H2,1H3,(H,21,24). The van der Waals surface area contributed by atoms with Crippen LogP contribution in [0.25, 0.3) is 0 Å². The summed E-state index contributed by atoms with van der Waals surface area (Å²) in [5.41, 5.74) is -0.0764. The number of likely N-dealkylation sites (tertiary alicyclic amines) is 1. The highest BCUT2D eigenvalue weighted by Gasteiger charge is 2.51. The average molecular weight is 386 g/mol. The number of rotatable bonds is 4. The Morgan fingerprint density at radius 3 is 2.46 bits per heavy atom. The molecule has 1 N–H and O–H groups in total. The lowest BCUT2D eigenvalue weighted by molar-refractivity contribution is -0.144. The van der Waals surface area contributed by atoms with Gasteiger partial charge >= 0.3 is 0 Å². The van der Waals surface area contributed by atoms with Crippen molar-refractivity contribution in [3.8, 4) is 11.5 Å². The predicted octanol–water partition coefficient (Wildman–Crippen LogP) is 2.27. The fourth-order valence-corrected chi connectivity index (χ4v) is 4.31. The summed E-state index contributed by atoms with van der Waals surface area (Å²) in [7, 11) is 0. The van der Waals surface area contributed by atoms with Crippen LogP contribution in [0.15, 0.2) is 12.1 Å². The SMILES string of the molecule is CC(=O)c1cc2c(cc1NC(=O)CN1C(=O)CC3(CCCCC3)C1=O)OCO2. The summed E-state index contributed by atoms with van der Waals surface area (Å²) in [4.78, 5) is 50.8. The topological polar surface area (TPSA) is 102 Å². The van der Waals surface area contributed by atoms with Crippen LogP contribution in [-0.2, 0) is 14.4 Å². The number of carbonyl (C=O) groups is 4. The van der Waals surface area contributed by atoms with Crippen molar-refractivity contribution >= 4 is 29.2 Å². The summed E-state index contributed by atoms with van der Waals surface area (Å²) < 4.78 is 10.6. The number of anilines is 1. The van der Waals surface area contributed by atoms with E-state index in [1.165, 1.54) is 19.1 Å². The van der Waals surface area contributed by atoms with E-state index in [9.17, 15) is 19.2 Å². The summed E-state index contributed by atoms with van der Waals surface area (Å²) in [6.07, 6.45) is 4.51. The zero-order valence-corrected chi connectivity index (χ0v) is 15.7. The van der Waals surface area contributed by atoms with E-state index in [1.807, 2.05) is 0 Å². The first kappa shape index (κ1) is 18.5. The number of carbonyl (C=O) groups excluding carboxylic acids is 4. The van der Waals surface area contributed by atoms with Crippen LogP contribution in [0, 0.1) is 5.41 Å². The number of benzene rings is 1. The number of hydrogen-bond acceptors (Lipinski definition) is 6. The molecule has 1 aromatic carbocycles. The molecule has 0 aromatic heterocycles. The van der Waals surface area contributed by atoms with Crippen LogP contribution in [0.1, 0.15) is 55.8 Å². The van der Waals surface area contributed by atoms with Crippen molar-refractivity contribution in [2.24, 2.45) is 5.41 Å². The van der Waals surface area contributed by atoms with Crippen molar-refractivity contribution in [3.05, 3.63) is 17.7 Å². The second-order valence-corrected chi connectivity index (χ2v) is 7.66. The zero-order valence-electron chi connectivity index (χ0n) is 15.7. The Kier molecular flexibility index (Phi) is 4.56. The van der Waals surface area contributed by atoms with Gasteiger partial charge in [0.1, 0.15) is 6.54 Å². The molecule has 8 nitrogen and oxygen atoms in total. The fraction of sp³-hybridized carbons (Fsp3) is 0.500. The third kappa shape index (κ3) is 3.12. The van der Waals surface area contributed by atoms with Gasteiger partial charge in [-0.05, 0) is 25.8 Å². The van der Waals surface area contributed by atoms with Gasteiger partial charge in [0.25, 0.3) is 0 Å². The Morgan fingerprint density at radius 2 is 1.79 bits per heavy atom. The van der Waals surface area contributed by atoms with E-state index in [0.717, 1.165) is 24.2 Å². The second kappa shape index (κ2) is 6.92. The van der Waals surface area contributed by atoms with Gasteiger partial charge in [0.05, 0.1) is 11.1 Å². The number of ether oxygens (including phenoxy) is 2. The molecule has 0 radical (unpaired) electrons. The largest absolute Gasteiger partial charge is 0.454 e. The maximum Gasteiger partial charge on any atom is 0.244 e. The molecular formula is C20H22N2O6. The van der Waals surface area contributed by atoms with Crippen molar-refractivity contribution in [2.75, 3.05) is 18.7 Å². The van der Waals surface area contributed by atoms with Gasteiger partial charge < -0.3 is 14.8 Å². The Morgan fingerprint density at radius 1 is 1.11 bits per heavy atom. The van der Waals surface area contributed by atoms with E-state index in [2.05, 4.69) is 5.32 Å². The Bertz CT molecular complexity index is 872. The smallest absolute Gasteiger partial charge is 0.244 e. The number of ketones is 1. The third-order valence-electron chi connectivity index (χ3n) is 5.77. The third-order valence-corrected chi connectivity index (χ3v) is 5.77. The van der Waals surface area contributed by atoms with Gasteiger partial charge in [0, 0.05) is 18.1 Å². The van der Waals surface area contributed by atoms with Gasteiger partial charge in [-0.2, -0.15) is 0 Å². The molecule has 2 heterocycles. The monoisotopic (exact) mass is 386 g/mol. The molecule has 3 aliphatic rings. The van der Waals surface area contributed by atoms with Crippen molar-refractivity contribution in [1.82, 2.24) is 4.90 Å². The Balaban J connectivity index is 1.50. The highest BCUT2D eigenvalue weighted by Crippen LogP contribution is 2.45. The van der Waals surface area contributed by atoms with Crippen molar-refractivity contribution in [2.45, 2.75) is 45.4 Å². The quantitative estimate of drug-likeness (QED) is 0.629. The van der Waals surface area contributed by atoms with Crippen LogP contribution in [0.4, 0.5) is 5.69 Å². The number of imide groups is 1. The maximum atomic E-state index is 12.8. The minimum Gasteiger partial charge on any atom is -0.454 e. The number of Topliss-reactive ketones (excluding diaryl/α,β-unsaturated/α-hetero) is 1. The van der Waals surface area contributed by atoms with E-state index in [4.69, 9.17) is 9.47 Å². The molecule has 2 fully saturated rings. The minimum atomic E-state index is -0.626. The molecule has 0 bridgehead atoms. The van der Waals surface area contributed by atoms with Crippen LogP contribution in [0.2, 0.25) is 0 Å². The van der Waals surface area contributed by atoms with E-state index in [-0.39, 0.29) is 48.6 Å². The Labute approximate surface area is 162 Å². The lowest BCUT2D eigenvalue weighted by atomic mass is 9.73. The van der Waals surface area contributed by atoms with E-state index in [0.29, 0.717) is 24.3 Å². The van der Waals surface area contributed by atoms with Crippen molar-refractivity contribution in [3.63, 3.8) is 0 Å². The molecule has 4 rings (SSSR count). The zero-order chi connectivity index (χ0) is 19.9. The van der Waals surface area contributed by atoms with Crippen LogP contribution in [0.3, 0.4) is 0 Å². The molecule has 1 aromatic rings. The first-order valence-electron chi connectivity index (χ1n) is 9.49.